The molecule has 1 atom stereocenters. The molecular formula is C11H13NOS2. The molecule has 0 aromatic carbocycles. The van der Waals surface area contributed by atoms with Crippen LogP contribution in [0.2, 0.25) is 0 Å². The number of aliphatic hydroxyl groups excluding tert-OH is 1. The van der Waals surface area contributed by atoms with Crippen molar-refractivity contribution in [1.82, 2.24) is 4.98 Å². The third-order valence-electron chi connectivity index (χ3n) is 2.25. The molecule has 0 spiro atoms. The fourth-order valence-corrected chi connectivity index (χ4v) is 3.18. The first-order valence-corrected chi connectivity index (χ1v) is 6.56. The summed E-state index contributed by atoms with van der Waals surface area (Å²) < 4.78 is 0. The Morgan fingerprint density at radius 1 is 1.47 bits per heavy atom. The summed E-state index contributed by atoms with van der Waals surface area (Å²) in [5.74, 6) is 0. The second-order valence-corrected chi connectivity index (χ2v) is 5.55. The van der Waals surface area contributed by atoms with Gasteiger partial charge in [0.15, 0.2) is 0 Å². The molecule has 0 bridgehead atoms. The number of aliphatic hydroxyl groups is 1. The van der Waals surface area contributed by atoms with Crippen LogP contribution in [-0.4, -0.2) is 10.1 Å². The first-order valence-electron chi connectivity index (χ1n) is 4.80. The molecule has 0 saturated heterocycles. The molecule has 2 heterocycles. The molecular weight excluding hydrogens is 226 g/mol. The molecule has 0 aliphatic heterocycles. The van der Waals surface area contributed by atoms with Gasteiger partial charge in [0, 0.05) is 6.42 Å². The number of aromatic nitrogens is 1. The molecule has 0 amide bonds. The normalized spacial score (nSPS) is 13.0. The van der Waals surface area contributed by atoms with E-state index < -0.39 is 6.10 Å². The minimum atomic E-state index is -0.411. The Morgan fingerprint density at radius 3 is 2.80 bits per heavy atom. The van der Waals surface area contributed by atoms with Crippen LogP contribution in [0, 0.1) is 13.8 Å². The van der Waals surface area contributed by atoms with Gasteiger partial charge in [-0.2, -0.15) is 11.3 Å². The molecule has 1 N–H and O–H groups in total. The average Bonchev–Trinajstić information content (AvgIpc) is 2.75. The van der Waals surface area contributed by atoms with E-state index in [4.69, 9.17) is 0 Å². The molecule has 1 unspecified atom stereocenters. The summed E-state index contributed by atoms with van der Waals surface area (Å²) in [4.78, 5) is 5.32. The van der Waals surface area contributed by atoms with Gasteiger partial charge in [-0.3, -0.25) is 0 Å². The van der Waals surface area contributed by atoms with Gasteiger partial charge in [-0.05, 0) is 36.2 Å². The monoisotopic (exact) mass is 239 g/mol. The van der Waals surface area contributed by atoms with Crippen molar-refractivity contribution >= 4 is 22.7 Å². The molecule has 2 aromatic rings. The van der Waals surface area contributed by atoms with Crippen molar-refractivity contribution in [3.05, 3.63) is 38.0 Å². The number of rotatable bonds is 3. The molecule has 15 heavy (non-hydrogen) atoms. The van der Waals surface area contributed by atoms with E-state index in [1.165, 1.54) is 5.56 Å². The van der Waals surface area contributed by atoms with Crippen LogP contribution in [0.15, 0.2) is 16.8 Å². The molecule has 2 aromatic heterocycles. The zero-order valence-electron chi connectivity index (χ0n) is 8.73. The lowest BCUT2D eigenvalue weighted by Gasteiger charge is -2.07. The van der Waals surface area contributed by atoms with E-state index in [1.807, 2.05) is 19.2 Å². The summed E-state index contributed by atoms with van der Waals surface area (Å²) in [5, 5.41) is 15.2. The van der Waals surface area contributed by atoms with Crippen molar-refractivity contribution in [1.29, 1.82) is 0 Å². The van der Waals surface area contributed by atoms with Gasteiger partial charge in [0.05, 0.1) is 21.7 Å². The lowest BCUT2D eigenvalue weighted by Crippen LogP contribution is -2.00. The van der Waals surface area contributed by atoms with Gasteiger partial charge in [0.2, 0.25) is 0 Å². The zero-order chi connectivity index (χ0) is 10.8. The second-order valence-electron chi connectivity index (χ2n) is 3.53. The molecule has 0 radical (unpaired) electrons. The molecule has 2 nitrogen and oxygen atoms in total. The van der Waals surface area contributed by atoms with Gasteiger partial charge in [-0.25, -0.2) is 4.98 Å². The van der Waals surface area contributed by atoms with Crippen LogP contribution in [0.25, 0.3) is 0 Å². The second kappa shape index (κ2) is 4.43. The fraction of sp³-hybridized carbons (Fsp3) is 0.364. The Labute approximate surface area is 97.2 Å². The lowest BCUT2D eigenvalue weighted by atomic mass is 10.1. The summed E-state index contributed by atoms with van der Waals surface area (Å²) in [6, 6.07) is 2.05. The smallest absolute Gasteiger partial charge is 0.0941 e. The number of aryl methyl sites for hydroxylation is 2. The standard InChI is InChI=1S/C11H13NOS2/c1-7-11(15-8(2)12-7)10(13)5-9-3-4-14-6-9/h3-4,6,10,13H,5H2,1-2H3. The van der Waals surface area contributed by atoms with Crippen LogP contribution in [-0.2, 0) is 6.42 Å². The SMILES string of the molecule is Cc1nc(C)c(C(O)Cc2ccsc2)s1. The van der Waals surface area contributed by atoms with Crippen molar-refractivity contribution in [3.63, 3.8) is 0 Å². The Morgan fingerprint density at radius 2 is 2.27 bits per heavy atom. The Kier molecular flexibility index (Phi) is 3.19. The molecule has 0 aliphatic rings. The van der Waals surface area contributed by atoms with E-state index in [2.05, 4.69) is 16.4 Å². The van der Waals surface area contributed by atoms with E-state index in [-0.39, 0.29) is 0 Å². The lowest BCUT2D eigenvalue weighted by molar-refractivity contribution is 0.181. The van der Waals surface area contributed by atoms with E-state index in [0.29, 0.717) is 6.42 Å². The fourth-order valence-electron chi connectivity index (χ4n) is 1.58. The average molecular weight is 239 g/mol. The predicted octanol–water partition coefficient (Wildman–Crippen LogP) is 3.10. The summed E-state index contributed by atoms with van der Waals surface area (Å²) in [6.07, 6.45) is 0.275. The van der Waals surface area contributed by atoms with Crippen LogP contribution < -0.4 is 0 Å². The van der Waals surface area contributed by atoms with Crippen molar-refractivity contribution < 1.29 is 5.11 Å². The third kappa shape index (κ3) is 2.45. The maximum atomic E-state index is 10.1. The van der Waals surface area contributed by atoms with E-state index >= 15 is 0 Å². The molecule has 0 aliphatic carbocycles. The van der Waals surface area contributed by atoms with Gasteiger partial charge in [0.1, 0.15) is 0 Å². The summed E-state index contributed by atoms with van der Waals surface area (Å²) in [5.41, 5.74) is 2.15. The van der Waals surface area contributed by atoms with Crippen LogP contribution in [0.1, 0.15) is 27.2 Å². The number of hydrogen-bond donors (Lipinski definition) is 1. The van der Waals surface area contributed by atoms with Crippen LogP contribution in [0.4, 0.5) is 0 Å². The molecule has 2 rings (SSSR count). The quantitative estimate of drug-likeness (QED) is 0.893. The first kappa shape index (κ1) is 10.8. The topological polar surface area (TPSA) is 33.1 Å². The van der Waals surface area contributed by atoms with Crippen LogP contribution >= 0.6 is 22.7 Å². The maximum absolute atomic E-state index is 10.1. The number of nitrogens with zero attached hydrogens (tertiary/aromatic N) is 1. The van der Waals surface area contributed by atoms with Crippen molar-refractivity contribution in [3.8, 4) is 0 Å². The van der Waals surface area contributed by atoms with E-state index in [1.54, 1.807) is 22.7 Å². The third-order valence-corrected chi connectivity index (χ3v) is 4.16. The van der Waals surface area contributed by atoms with Gasteiger partial charge >= 0.3 is 0 Å². The molecule has 0 fully saturated rings. The maximum Gasteiger partial charge on any atom is 0.0941 e. The van der Waals surface area contributed by atoms with Crippen molar-refractivity contribution in [2.45, 2.75) is 26.4 Å². The van der Waals surface area contributed by atoms with Crippen LogP contribution in [0.3, 0.4) is 0 Å². The number of thiazole rings is 1. The van der Waals surface area contributed by atoms with E-state index in [9.17, 15) is 5.11 Å². The van der Waals surface area contributed by atoms with E-state index in [0.717, 1.165) is 15.6 Å². The first-order chi connectivity index (χ1) is 7.16. The summed E-state index contributed by atoms with van der Waals surface area (Å²) in [7, 11) is 0. The van der Waals surface area contributed by atoms with Gasteiger partial charge in [-0.15, -0.1) is 11.3 Å². The van der Waals surface area contributed by atoms with Crippen molar-refractivity contribution in [2.24, 2.45) is 0 Å². The van der Waals surface area contributed by atoms with Crippen molar-refractivity contribution in [2.75, 3.05) is 0 Å². The van der Waals surface area contributed by atoms with Gasteiger partial charge in [0.25, 0.3) is 0 Å². The predicted molar refractivity (Wildman–Crippen MR) is 64.6 cm³/mol. The number of hydrogen-bond acceptors (Lipinski definition) is 4. The largest absolute Gasteiger partial charge is 0.387 e. The summed E-state index contributed by atoms with van der Waals surface area (Å²) in [6.45, 7) is 3.92. The highest BCUT2D eigenvalue weighted by molar-refractivity contribution is 7.11. The highest BCUT2D eigenvalue weighted by Gasteiger charge is 2.15. The van der Waals surface area contributed by atoms with Gasteiger partial charge in [-0.1, -0.05) is 0 Å². The Hall–Kier alpha value is -0.710. The highest BCUT2D eigenvalue weighted by Crippen LogP contribution is 2.27. The highest BCUT2D eigenvalue weighted by atomic mass is 32.1. The minimum Gasteiger partial charge on any atom is -0.387 e. The van der Waals surface area contributed by atoms with Gasteiger partial charge < -0.3 is 5.11 Å². The summed E-state index contributed by atoms with van der Waals surface area (Å²) >= 11 is 3.25. The zero-order valence-corrected chi connectivity index (χ0v) is 10.4. The van der Waals surface area contributed by atoms with Crippen LogP contribution in [0.5, 0.6) is 0 Å². The number of thiophene rings is 1. The molecule has 4 heteroatoms. The Bertz CT molecular complexity index is 433. The minimum absolute atomic E-state index is 0.411. The molecule has 0 saturated carbocycles. The Balaban J connectivity index is 2.14. The molecule has 80 valence electrons.